The predicted molar refractivity (Wildman–Crippen MR) is 159 cm³/mol. The number of aliphatic hydroxyl groups is 1. The van der Waals surface area contributed by atoms with Gasteiger partial charge in [0.05, 0.1) is 25.2 Å². The van der Waals surface area contributed by atoms with E-state index in [1.54, 1.807) is 21.0 Å². The smallest absolute Gasteiger partial charge is 0.224 e. The molecule has 0 saturated heterocycles. The number of hydrogen-bond donors (Lipinski definition) is 4. The van der Waals surface area contributed by atoms with E-state index in [-0.39, 0.29) is 30.7 Å². The molecule has 4 atom stereocenters. The van der Waals surface area contributed by atoms with Gasteiger partial charge < -0.3 is 36.1 Å². The van der Waals surface area contributed by atoms with Crippen molar-refractivity contribution in [2.45, 2.75) is 86.3 Å². The maximum Gasteiger partial charge on any atom is 0.224 e. The molecule has 0 fully saturated rings. The molecule has 9 nitrogen and oxygen atoms in total. The molecule has 0 aliphatic heterocycles. The molecule has 230 valence electrons. The van der Waals surface area contributed by atoms with Crippen LogP contribution >= 0.6 is 0 Å². The van der Waals surface area contributed by atoms with Crippen molar-refractivity contribution in [2.75, 3.05) is 33.5 Å². The van der Waals surface area contributed by atoms with Gasteiger partial charge >= 0.3 is 0 Å². The second-order valence-corrected chi connectivity index (χ2v) is 12.1. The fourth-order valence-corrected chi connectivity index (χ4v) is 4.49. The Morgan fingerprint density at radius 1 is 1.05 bits per heavy atom. The minimum absolute atomic E-state index is 0.00862. The van der Waals surface area contributed by atoms with Crippen LogP contribution in [0.1, 0.15) is 73.3 Å². The highest BCUT2D eigenvalue weighted by atomic mass is 16.5. The van der Waals surface area contributed by atoms with Gasteiger partial charge in [-0.2, -0.15) is 0 Å². The third-order valence-corrected chi connectivity index (χ3v) is 7.64. The van der Waals surface area contributed by atoms with E-state index in [0.717, 1.165) is 18.4 Å². The molecule has 0 aromatic heterocycles. The summed E-state index contributed by atoms with van der Waals surface area (Å²) in [6, 6.07) is 5.49. The monoisotopic (exact) mass is 565 g/mol. The van der Waals surface area contributed by atoms with Crippen molar-refractivity contribution in [3.63, 3.8) is 0 Å². The lowest BCUT2D eigenvalue weighted by Gasteiger charge is -2.30. The number of rotatable bonds is 20. The summed E-state index contributed by atoms with van der Waals surface area (Å²) < 4.78 is 16.9. The molecule has 0 bridgehead atoms. The molecule has 1 aromatic carbocycles. The number of primary amides is 1. The normalized spacial score (nSPS) is 15.0. The number of carbonyl (C=O) groups is 2. The summed E-state index contributed by atoms with van der Waals surface area (Å²) >= 11 is 0. The lowest BCUT2D eigenvalue weighted by molar-refractivity contribution is -0.130. The maximum absolute atomic E-state index is 13.0. The van der Waals surface area contributed by atoms with Crippen molar-refractivity contribution in [3.05, 3.63) is 23.8 Å². The third-order valence-electron chi connectivity index (χ3n) is 7.64. The van der Waals surface area contributed by atoms with E-state index < -0.39 is 29.4 Å². The van der Waals surface area contributed by atoms with Crippen molar-refractivity contribution in [1.29, 1.82) is 0 Å². The van der Waals surface area contributed by atoms with Crippen LogP contribution < -0.4 is 26.3 Å². The van der Waals surface area contributed by atoms with Gasteiger partial charge in [0.1, 0.15) is 0 Å². The molecule has 40 heavy (non-hydrogen) atoms. The van der Waals surface area contributed by atoms with Crippen LogP contribution in [0.3, 0.4) is 0 Å². The number of ether oxygens (including phenoxy) is 3. The van der Waals surface area contributed by atoms with Crippen LogP contribution in [0.2, 0.25) is 0 Å². The number of benzene rings is 1. The number of aliphatic hydroxyl groups excluding tert-OH is 1. The Hall–Kier alpha value is -2.36. The zero-order valence-electron chi connectivity index (χ0n) is 26.0. The van der Waals surface area contributed by atoms with Gasteiger partial charge in [0, 0.05) is 38.1 Å². The highest BCUT2D eigenvalue weighted by molar-refractivity contribution is 5.83. The minimum atomic E-state index is -0.855. The molecular formula is C31H55N3O6. The molecule has 0 heterocycles. The van der Waals surface area contributed by atoms with Crippen LogP contribution in [0.5, 0.6) is 11.5 Å². The van der Waals surface area contributed by atoms with E-state index >= 15 is 0 Å². The van der Waals surface area contributed by atoms with Crippen LogP contribution in [-0.2, 0) is 20.7 Å². The van der Waals surface area contributed by atoms with E-state index in [0.29, 0.717) is 43.7 Å². The Kier molecular flexibility index (Phi) is 15.6. The Morgan fingerprint density at radius 3 is 2.27 bits per heavy atom. The summed E-state index contributed by atoms with van der Waals surface area (Å²) in [6.07, 6.45) is 1.57. The van der Waals surface area contributed by atoms with Crippen molar-refractivity contribution >= 4 is 11.8 Å². The second-order valence-electron chi connectivity index (χ2n) is 12.1. The fraction of sp³-hybridized carbons (Fsp3) is 0.742. The third kappa shape index (κ3) is 12.0. The molecule has 2 amide bonds. The van der Waals surface area contributed by atoms with E-state index in [1.165, 1.54) is 0 Å². The molecule has 0 saturated carbocycles. The Labute approximate surface area is 241 Å². The van der Waals surface area contributed by atoms with E-state index in [4.69, 9.17) is 25.7 Å². The average molecular weight is 566 g/mol. The van der Waals surface area contributed by atoms with Gasteiger partial charge in [-0.15, -0.1) is 0 Å². The largest absolute Gasteiger partial charge is 0.493 e. The van der Waals surface area contributed by atoms with Crippen molar-refractivity contribution in [3.8, 4) is 11.5 Å². The number of methoxy groups -OCH3 is 1. The van der Waals surface area contributed by atoms with E-state index in [2.05, 4.69) is 19.2 Å². The fourth-order valence-electron chi connectivity index (χ4n) is 4.49. The van der Waals surface area contributed by atoms with Gasteiger partial charge in [0.15, 0.2) is 11.5 Å². The molecular weight excluding hydrogens is 510 g/mol. The lowest BCUT2D eigenvalue weighted by atomic mass is 9.80. The number of hydrogen-bond acceptors (Lipinski definition) is 7. The molecule has 9 heteroatoms. The quantitative estimate of drug-likeness (QED) is 0.176. The van der Waals surface area contributed by atoms with Crippen LogP contribution in [0.15, 0.2) is 18.2 Å². The lowest BCUT2D eigenvalue weighted by Crippen LogP contribution is -2.46. The summed E-state index contributed by atoms with van der Waals surface area (Å²) in [6.45, 7) is 15.6. The van der Waals surface area contributed by atoms with Gasteiger partial charge in [-0.05, 0) is 75.5 Å². The summed E-state index contributed by atoms with van der Waals surface area (Å²) in [5, 5.41) is 13.9. The highest BCUT2D eigenvalue weighted by Gasteiger charge is 2.32. The first-order chi connectivity index (χ1) is 18.7. The highest BCUT2D eigenvalue weighted by Crippen LogP contribution is 2.32. The molecule has 0 radical (unpaired) electrons. The number of nitrogens with one attached hydrogen (secondary N) is 1. The predicted octanol–water partition coefficient (Wildman–Crippen LogP) is 3.68. The van der Waals surface area contributed by atoms with Gasteiger partial charge in [0.2, 0.25) is 11.8 Å². The van der Waals surface area contributed by atoms with Gasteiger partial charge in [-0.1, -0.05) is 33.8 Å². The summed E-state index contributed by atoms with van der Waals surface area (Å²) in [5.41, 5.74) is 12.2. The molecule has 0 unspecified atom stereocenters. The topological polar surface area (TPSA) is 146 Å². The van der Waals surface area contributed by atoms with Crippen molar-refractivity contribution in [2.24, 2.45) is 40.6 Å². The minimum Gasteiger partial charge on any atom is -0.493 e. The Morgan fingerprint density at radius 2 is 1.73 bits per heavy atom. The molecule has 1 aromatic rings. The van der Waals surface area contributed by atoms with Crippen LogP contribution in [-0.4, -0.2) is 62.5 Å². The van der Waals surface area contributed by atoms with Crippen molar-refractivity contribution < 1.29 is 28.9 Å². The zero-order valence-corrected chi connectivity index (χ0v) is 26.0. The molecule has 6 N–H and O–H groups in total. The first-order valence-corrected chi connectivity index (χ1v) is 14.6. The number of amides is 2. The summed E-state index contributed by atoms with van der Waals surface area (Å²) in [4.78, 5) is 24.6. The van der Waals surface area contributed by atoms with Crippen LogP contribution in [0.25, 0.3) is 0 Å². The van der Waals surface area contributed by atoms with Crippen LogP contribution in [0, 0.1) is 29.1 Å². The first kappa shape index (κ1) is 35.7. The maximum atomic E-state index is 13.0. The van der Waals surface area contributed by atoms with E-state index in [1.807, 2.05) is 39.0 Å². The summed E-state index contributed by atoms with van der Waals surface area (Å²) in [5.74, 6) is 0.801. The zero-order chi connectivity index (χ0) is 30.5. The van der Waals surface area contributed by atoms with Crippen LogP contribution in [0.4, 0.5) is 0 Å². The first-order valence-electron chi connectivity index (χ1n) is 14.6. The molecule has 0 aliphatic rings. The number of carbonyl (C=O) groups excluding carboxylic acids is 2. The molecule has 0 spiro atoms. The summed E-state index contributed by atoms with van der Waals surface area (Å²) in [7, 11) is 1.63. The number of nitrogens with two attached hydrogens (primary N) is 2. The molecule has 0 aliphatic carbocycles. The standard InChI is InChI=1S/C31H55N3O6/c1-9-39-13-10-14-40-28-16-22(11-12-27(28)38-8)15-23(20(2)3)17-25(32)26(35)18-24(21(4)5)29(36)34-19-31(6,7)30(33)37/h11-12,16,20-21,23-26,35H,9-10,13-15,17-19,32H2,1-8H3,(H2,33,37)(H,34,36)/t23-,24-,25-,26-/m0/s1. The van der Waals surface area contributed by atoms with Crippen molar-refractivity contribution in [1.82, 2.24) is 5.32 Å². The Bertz CT molecular complexity index is 905. The van der Waals surface area contributed by atoms with Gasteiger partial charge in [0.25, 0.3) is 0 Å². The van der Waals surface area contributed by atoms with E-state index in [9.17, 15) is 14.7 Å². The molecule has 1 rings (SSSR count). The van der Waals surface area contributed by atoms with Gasteiger partial charge in [-0.25, -0.2) is 0 Å². The SMILES string of the molecule is CCOCCCOc1cc(C[C@@H](C[C@H](N)[C@@H](O)C[C@H](C(=O)NCC(C)(C)C(N)=O)C(C)C)C(C)C)ccc1OC. The van der Waals surface area contributed by atoms with Gasteiger partial charge in [-0.3, -0.25) is 9.59 Å². The second kappa shape index (κ2) is 17.5. The average Bonchev–Trinajstić information content (AvgIpc) is 2.89. The Balaban J connectivity index is 2.85.